The van der Waals surface area contributed by atoms with Crippen LogP contribution >= 0.6 is 12.3 Å². The zero-order chi connectivity index (χ0) is 15.2. The molecule has 6 nitrogen and oxygen atoms in total. The molecule has 1 unspecified atom stereocenters. The van der Waals surface area contributed by atoms with Crippen LogP contribution in [0.2, 0.25) is 0 Å². The summed E-state index contributed by atoms with van der Waals surface area (Å²) in [6, 6.07) is 4.33. The molecule has 1 N–H and O–H groups in total. The Morgan fingerprint density at radius 1 is 1.24 bits per heavy atom. The lowest BCUT2D eigenvalue weighted by Gasteiger charge is -2.36. The summed E-state index contributed by atoms with van der Waals surface area (Å²) in [6.07, 6.45) is 2.19. The van der Waals surface area contributed by atoms with Gasteiger partial charge in [0.1, 0.15) is 0 Å². The predicted molar refractivity (Wildman–Crippen MR) is 80.8 cm³/mol. The molecule has 0 saturated carbocycles. The molecule has 1 aromatic carbocycles. The van der Waals surface area contributed by atoms with Gasteiger partial charge in [-0.2, -0.15) is 0 Å². The molecule has 1 aliphatic heterocycles. The summed E-state index contributed by atoms with van der Waals surface area (Å²) in [6.45, 7) is 4.56. The minimum atomic E-state index is 0.388. The fraction of sp³-hybridized carbons (Fsp3) is 0.571. The van der Waals surface area contributed by atoms with Crippen LogP contribution in [0.4, 0.5) is 0 Å². The molecule has 1 atom stereocenters. The van der Waals surface area contributed by atoms with Gasteiger partial charge in [-0.05, 0) is 50.6 Å². The Kier molecular flexibility index (Phi) is 5.98. The van der Waals surface area contributed by atoms with E-state index in [0.717, 1.165) is 12.0 Å². The first-order chi connectivity index (χ1) is 10.2. The van der Waals surface area contributed by atoms with E-state index in [4.69, 9.17) is 18.9 Å². The van der Waals surface area contributed by atoms with Crippen molar-refractivity contribution in [1.29, 1.82) is 0 Å². The fourth-order valence-corrected chi connectivity index (χ4v) is 2.70. The molecule has 21 heavy (non-hydrogen) atoms. The van der Waals surface area contributed by atoms with Gasteiger partial charge < -0.3 is 18.6 Å². The highest BCUT2D eigenvalue weighted by Crippen LogP contribution is 2.40. The number of hydrogen-bond acceptors (Lipinski definition) is 7. The molecule has 0 aromatic heterocycles. The summed E-state index contributed by atoms with van der Waals surface area (Å²) in [5, 5.41) is 8.37. The maximum atomic E-state index is 8.37. The van der Waals surface area contributed by atoms with Crippen LogP contribution in [0.5, 0.6) is 17.2 Å². The van der Waals surface area contributed by atoms with Crippen LogP contribution in [0.15, 0.2) is 12.1 Å². The van der Waals surface area contributed by atoms with Crippen LogP contribution in [-0.4, -0.2) is 43.5 Å². The summed E-state index contributed by atoms with van der Waals surface area (Å²) in [4.78, 5) is 2.44. The van der Waals surface area contributed by atoms with Crippen LogP contribution in [0, 0.1) is 0 Å². The first kappa shape index (κ1) is 16.2. The quantitative estimate of drug-likeness (QED) is 0.449. The summed E-state index contributed by atoms with van der Waals surface area (Å²) >= 11 is 0.445. The van der Waals surface area contributed by atoms with E-state index in [2.05, 4.69) is 16.2 Å². The van der Waals surface area contributed by atoms with E-state index in [1.807, 2.05) is 12.1 Å². The van der Waals surface area contributed by atoms with Crippen LogP contribution in [-0.2, 0) is 10.8 Å². The Bertz CT molecular complexity index is 442. The lowest BCUT2D eigenvalue weighted by molar-refractivity contribution is -0.121. The minimum Gasteiger partial charge on any atom is -0.493 e. The van der Waals surface area contributed by atoms with E-state index in [9.17, 15) is 0 Å². The van der Waals surface area contributed by atoms with Crippen molar-refractivity contribution in [2.75, 3.05) is 27.3 Å². The number of hydrogen-bond donors (Lipinski definition) is 1. The van der Waals surface area contributed by atoms with E-state index in [0.29, 0.717) is 35.6 Å². The number of likely N-dealkylation sites (tertiary alicyclic amines) is 1. The largest absolute Gasteiger partial charge is 0.493 e. The van der Waals surface area contributed by atoms with Crippen molar-refractivity contribution in [2.24, 2.45) is 0 Å². The molecule has 0 radical (unpaired) electrons. The van der Waals surface area contributed by atoms with E-state index >= 15 is 0 Å². The summed E-state index contributed by atoms with van der Waals surface area (Å²) in [5.41, 5.74) is 1.12. The average molecular weight is 315 g/mol. The maximum Gasteiger partial charge on any atom is 0.258 e. The SMILES string of the molecule is COc1cc(CC(C)N2CCC2)cc(OC)c1OSOO. The molecular weight excluding hydrogens is 294 g/mol. The second-order valence-electron chi connectivity index (χ2n) is 5.00. The van der Waals surface area contributed by atoms with Crippen LogP contribution in [0.25, 0.3) is 0 Å². The number of rotatable bonds is 8. The van der Waals surface area contributed by atoms with Gasteiger partial charge in [0, 0.05) is 6.04 Å². The summed E-state index contributed by atoms with van der Waals surface area (Å²) < 4.78 is 19.8. The molecule has 0 spiro atoms. The predicted octanol–water partition coefficient (Wildman–Crippen LogP) is 2.77. The first-order valence-corrected chi connectivity index (χ1v) is 7.50. The van der Waals surface area contributed by atoms with E-state index in [-0.39, 0.29) is 0 Å². The van der Waals surface area contributed by atoms with Crippen molar-refractivity contribution in [3.8, 4) is 17.2 Å². The van der Waals surface area contributed by atoms with Gasteiger partial charge in [-0.15, -0.1) is 4.33 Å². The highest BCUT2D eigenvalue weighted by molar-refractivity contribution is 7.90. The molecule has 1 aliphatic rings. The van der Waals surface area contributed by atoms with Gasteiger partial charge in [0.05, 0.1) is 14.2 Å². The Morgan fingerprint density at radius 3 is 2.29 bits per heavy atom. The molecular formula is C14H21NO5S. The third-order valence-corrected chi connectivity index (χ3v) is 4.01. The molecule has 0 amide bonds. The van der Waals surface area contributed by atoms with Crippen molar-refractivity contribution in [1.82, 2.24) is 4.90 Å². The number of benzene rings is 1. The maximum absolute atomic E-state index is 8.37. The van der Waals surface area contributed by atoms with E-state index < -0.39 is 0 Å². The van der Waals surface area contributed by atoms with Crippen molar-refractivity contribution in [3.05, 3.63) is 17.7 Å². The van der Waals surface area contributed by atoms with Crippen LogP contribution in [0.3, 0.4) is 0 Å². The third-order valence-electron chi connectivity index (χ3n) is 3.71. The van der Waals surface area contributed by atoms with Crippen molar-refractivity contribution in [2.45, 2.75) is 25.8 Å². The molecule has 118 valence electrons. The van der Waals surface area contributed by atoms with Gasteiger partial charge in [-0.3, -0.25) is 0 Å². The lowest BCUT2D eigenvalue weighted by atomic mass is 10.0. The zero-order valence-electron chi connectivity index (χ0n) is 12.5. The highest BCUT2D eigenvalue weighted by Gasteiger charge is 2.22. The Balaban J connectivity index is 2.18. The molecule has 1 fully saturated rings. The van der Waals surface area contributed by atoms with Crippen LogP contribution in [0.1, 0.15) is 18.9 Å². The van der Waals surface area contributed by atoms with Gasteiger partial charge in [0.25, 0.3) is 12.3 Å². The van der Waals surface area contributed by atoms with E-state index in [1.54, 1.807) is 14.2 Å². The molecule has 1 heterocycles. The van der Waals surface area contributed by atoms with Crippen molar-refractivity contribution in [3.63, 3.8) is 0 Å². The third kappa shape index (κ3) is 3.94. The van der Waals surface area contributed by atoms with Gasteiger partial charge in [-0.1, -0.05) is 0 Å². The molecule has 0 aliphatic carbocycles. The van der Waals surface area contributed by atoms with Gasteiger partial charge >= 0.3 is 0 Å². The minimum absolute atomic E-state index is 0.388. The second kappa shape index (κ2) is 7.74. The summed E-state index contributed by atoms with van der Waals surface area (Å²) in [7, 11) is 3.13. The normalized spacial score (nSPS) is 16.2. The topological polar surface area (TPSA) is 60.4 Å². The molecule has 2 rings (SSSR count). The number of methoxy groups -OCH3 is 2. The number of nitrogens with zero attached hydrogens (tertiary/aromatic N) is 1. The van der Waals surface area contributed by atoms with Crippen molar-refractivity contribution >= 4 is 12.3 Å². The first-order valence-electron chi connectivity index (χ1n) is 6.83. The zero-order valence-corrected chi connectivity index (χ0v) is 13.3. The molecule has 0 bridgehead atoms. The monoisotopic (exact) mass is 315 g/mol. The second-order valence-corrected chi connectivity index (χ2v) is 5.45. The van der Waals surface area contributed by atoms with E-state index in [1.165, 1.54) is 19.5 Å². The Hall–Kier alpha value is -1.15. The molecule has 7 heteroatoms. The van der Waals surface area contributed by atoms with Crippen molar-refractivity contribution < 1.29 is 23.2 Å². The smallest absolute Gasteiger partial charge is 0.258 e. The molecule has 1 saturated heterocycles. The number of ether oxygens (including phenoxy) is 2. The molecule has 1 aromatic rings. The Morgan fingerprint density at radius 2 is 1.86 bits per heavy atom. The van der Waals surface area contributed by atoms with Gasteiger partial charge in [0.2, 0.25) is 5.75 Å². The lowest BCUT2D eigenvalue weighted by Crippen LogP contribution is -2.44. The fourth-order valence-electron chi connectivity index (χ4n) is 2.44. The Labute approximate surface area is 129 Å². The highest BCUT2D eigenvalue weighted by atomic mass is 32.2. The summed E-state index contributed by atoms with van der Waals surface area (Å²) in [5.74, 6) is 1.48. The standard InChI is InChI=1S/C14H21NO5S/c1-10(15-5-4-6-15)7-11-8-12(17-2)14(19-21-20-16)13(9-11)18-3/h8-10,16H,4-7H2,1-3H3. The average Bonchev–Trinajstić information content (AvgIpc) is 2.42. The van der Waals surface area contributed by atoms with Gasteiger partial charge in [-0.25, -0.2) is 5.26 Å². The van der Waals surface area contributed by atoms with Gasteiger partial charge in [0.15, 0.2) is 11.5 Å². The van der Waals surface area contributed by atoms with Crippen LogP contribution < -0.4 is 13.7 Å².